The Hall–Kier alpha value is -1.71. The molecule has 4 heteroatoms. The van der Waals surface area contributed by atoms with Crippen molar-refractivity contribution in [3.8, 4) is 5.75 Å². The number of aliphatic carboxylic acids is 1. The molecule has 1 atom stereocenters. The number of methoxy groups -OCH3 is 1. The van der Waals surface area contributed by atoms with Crippen LogP contribution in [0.4, 0.5) is 5.69 Å². The lowest BCUT2D eigenvalue weighted by Gasteiger charge is -2.16. The van der Waals surface area contributed by atoms with E-state index in [0.717, 1.165) is 19.3 Å². The molecule has 4 nitrogen and oxygen atoms in total. The van der Waals surface area contributed by atoms with Crippen molar-refractivity contribution in [2.24, 2.45) is 0 Å². The van der Waals surface area contributed by atoms with E-state index in [-0.39, 0.29) is 0 Å². The van der Waals surface area contributed by atoms with Gasteiger partial charge in [0.1, 0.15) is 5.75 Å². The summed E-state index contributed by atoms with van der Waals surface area (Å²) in [6, 6.07) is 5.19. The molecular formula is C16H25NO3. The van der Waals surface area contributed by atoms with Crippen LogP contribution in [-0.4, -0.2) is 18.2 Å². The third-order valence-electron chi connectivity index (χ3n) is 3.56. The molecule has 20 heavy (non-hydrogen) atoms. The predicted molar refractivity (Wildman–Crippen MR) is 81.2 cm³/mol. The fourth-order valence-corrected chi connectivity index (χ4v) is 2.35. The predicted octanol–water partition coefficient (Wildman–Crippen LogP) is 3.81. The van der Waals surface area contributed by atoms with Crippen LogP contribution in [0.15, 0.2) is 18.2 Å². The van der Waals surface area contributed by atoms with Crippen LogP contribution in [-0.2, 0) is 4.79 Å². The minimum atomic E-state index is -0.819. The average molecular weight is 279 g/mol. The maximum Gasteiger partial charge on any atom is 0.311 e. The molecule has 1 rings (SSSR count). The summed E-state index contributed by atoms with van der Waals surface area (Å²) in [4.78, 5) is 11.5. The zero-order chi connectivity index (χ0) is 15.0. The summed E-state index contributed by atoms with van der Waals surface area (Å²) in [5, 5.41) is 9.42. The van der Waals surface area contributed by atoms with Crippen molar-refractivity contribution in [3.05, 3.63) is 23.8 Å². The number of nitrogen functional groups attached to an aromatic ring is 1. The lowest BCUT2D eigenvalue weighted by molar-refractivity contribution is -0.139. The van der Waals surface area contributed by atoms with Crippen LogP contribution in [0.5, 0.6) is 5.75 Å². The fourth-order valence-electron chi connectivity index (χ4n) is 2.35. The van der Waals surface area contributed by atoms with Gasteiger partial charge in [0.2, 0.25) is 0 Å². The van der Waals surface area contributed by atoms with E-state index >= 15 is 0 Å². The Morgan fingerprint density at radius 2 is 2.00 bits per heavy atom. The van der Waals surface area contributed by atoms with E-state index in [1.54, 1.807) is 25.3 Å². The molecule has 0 bridgehead atoms. The first-order chi connectivity index (χ1) is 9.60. The first kappa shape index (κ1) is 16.3. The van der Waals surface area contributed by atoms with Crippen molar-refractivity contribution in [1.29, 1.82) is 0 Å². The Balaban J connectivity index is 2.73. The normalized spacial score (nSPS) is 12.1. The Bertz CT molecular complexity index is 432. The Morgan fingerprint density at radius 3 is 2.60 bits per heavy atom. The van der Waals surface area contributed by atoms with E-state index in [1.807, 2.05) is 0 Å². The smallest absolute Gasteiger partial charge is 0.311 e. The first-order valence-electron chi connectivity index (χ1n) is 7.26. The Kier molecular flexibility index (Phi) is 6.91. The van der Waals surface area contributed by atoms with Gasteiger partial charge >= 0.3 is 5.97 Å². The summed E-state index contributed by atoms with van der Waals surface area (Å²) in [6.45, 7) is 2.16. The standard InChI is InChI=1S/C16H25NO3/c1-3-4-5-6-7-8-13(16(18)19)14-11-12(20-2)9-10-15(14)17/h9-11,13H,3-8,17H2,1-2H3,(H,18,19). The summed E-state index contributed by atoms with van der Waals surface area (Å²) >= 11 is 0. The van der Waals surface area contributed by atoms with Crippen LogP contribution >= 0.6 is 0 Å². The molecule has 0 amide bonds. The highest BCUT2D eigenvalue weighted by atomic mass is 16.5. The maximum absolute atomic E-state index is 11.5. The molecule has 112 valence electrons. The van der Waals surface area contributed by atoms with Gasteiger partial charge in [-0.3, -0.25) is 4.79 Å². The van der Waals surface area contributed by atoms with Gasteiger partial charge < -0.3 is 15.6 Å². The molecule has 0 saturated carbocycles. The van der Waals surface area contributed by atoms with Gasteiger partial charge in [0.05, 0.1) is 13.0 Å². The monoisotopic (exact) mass is 279 g/mol. The van der Waals surface area contributed by atoms with Gasteiger partial charge in [-0.15, -0.1) is 0 Å². The molecular weight excluding hydrogens is 254 g/mol. The molecule has 0 aromatic heterocycles. The SMILES string of the molecule is CCCCCCCC(C(=O)O)c1cc(OC)ccc1N. The van der Waals surface area contributed by atoms with Gasteiger partial charge in [0.15, 0.2) is 0 Å². The van der Waals surface area contributed by atoms with Crippen molar-refractivity contribution in [2.75, 3.05) is 12.8 Å². The van der Waals surface area contributed by atoms with Gasteiger partial charge in [-0.05, 0) is 30.2 Å². The van der Waals surface area contributed by atoms with Crippen LogP contribution in [0.1, 0.15) is 56.9 Å². The molecule has 0 aliphatic rings. The Morgan fingerprint density at radius 1 is 1.30 bits per heavy atom. The minimum absolute atomic E-state index is 0.520. The van der Waals surface area contributed by atoms with Crippen LogP contribution in [0.3, 0.4) is 0 Å². The molecule has 1 aromatic carbocycles. The molecule has 0 saturated heterocycles. The zero-order valence-electron chi connectivity index (χ0n) is 12.4. The second-order valence-electron chi connectivity index (χ2n) is 5.09. The second kappa shape index (κ2) is 8.46. The van der Waals surface area contributed by atoms with E-state index in [9.17, 15) is 9.90 Å². The number of nitrogens with two attached hydrogens (primary N) is 1. The average Bonchev–Trinajstić information content (AvgIpc) is 2.43. The summed E-state index contributed by atoms with van der Waals surface area (Å²) in [5.41, 5.74) is 7.10. The number of ether oxygens (including phenoxy) is 1. The molecule has 0 heterocycles. The van der Waals surface area contributed by atoms with E-state index in [0.29, 0.717) is 23.4 Å². The van der Waals surface area contributed by atoms with Gasteiger partial charge in [-0.2, -0.15) is 0 Å². The quantitative estimate of drug-likeness (QED) is 0.532. The molecule has 3 N–H and O–H groups in total. The van der Waals surface area contributed by atoms with Crippen molar-refractivity contribution in [3.63, 3.8) is 0 Å². The molecule has 0 aliphatic heterocycles. The number of rotatable bonds is 9. The molecule has 1 aromatic rings. The number of anilines is 1. The summed E-state index contributed by atoms with van der Waals surface area (Å²) < 4.78 is 5.15. The summed E-state index contributed by atoms with van der Waals surface area (Å²) in [6.07, 6.45) is 6.16. The third-order valence-corrected chi connectivity index (χ3v) is 3.56. The van der Waals surface area contributed by atoms with Crippen LogP contribution in [0.25, 0.3) is 0 Å². The highest BCUT2D eigenvalue weighted by Gasteiger charge is 2.22. The lowest BCUT2D eigenvalue weighted by Crippen LogP contribution is -2.13. The summed E-state index contributed by atoms with van der Waals surface area (Å²) in [5.74, 6) is -0.724. The van der Waals surface area contributed by atoms with Crippen LogP contribution in [0.2, 0.25) is 0 Å². The van der Waals surface area contributed by atoms with E-state index in [1.165, 1.54) is 12.8 Å². The molecule has 0 fully saturated rings. The van der Waals surface area contributed by atoms with Crippen molar-refractivity contribution >= 4 is 11.7 Å². The molecule has 0 aliphatic carbocycles. The van der Waals surface area contributed by atoms with Crippen molar-refractivity contribution < 1.29 is 14.6 Å². The highest BCUT2D eigenvalue weighted by molar-refractivity contribution is 5.78. The van der Waals surface area contributed by atoms with Crippen LogP contribution in [0, 0.1) is 0 Å². The largest absolute Gasteiger partial charge is 0.497 e. The maximum atomic E-state index is 11.5. The number of carboxylic acids is 1. The highest BCUT2D eigenvalue weighted by Crippen LogP contribution is 2.31. The molecule has 0 spiro atoms. The van der Waals surface area contributed by atoms with Crippen molar-refractivity contribution in [2.45, 2.75) is 51.4 Å². The van der Waals surface area contributed by atoms with Gasteiger partial charge in [-0.1, -0.05) is 39.0 Å². The fraction of sp³-hybridized carbons (Fsp3) is 0.562. The first-order valence-corrected chi connectivity index (χ1v) is 7.26. The van der Waals surface area contributed by atoms with Gasteiger partial charge in [0, 0.05) is 5.69 Å². The second-order valence-corrected chi connectivity index (χ2v) is 5.09. The topological polar surface area (TPSA) is 72.5 Å². The number of hydrogen-bond acceptors (Lipinski definition) is 3. The number of unbranched alkanes of at least 4 members (excludes halogenated alkanes) is 4. The third kappa shape index (κ3) is 4.76. The van der Waals surface area contributed by atoms with Crippen molar-refractivity contribution in [1.82, 2.24) is 0 Å². The van der Waals surface area contributed by atoms with Gasteiger partial charge in [0.25, 0.3) is 0 Å². The van der Waals surface area contributed by atoms with Crippen LogP contribution < -0.4 is 10.5 Å². The number of benzene rings is 1. The van der Waals surface area contributed by atoms with Gasteiger partial charge in [-0.25, -0.2) is 0 Å². The zero-order valence-corrected chi connectivity index (χ0v) is 12.4. The summed E-state index contributed by atoms with van der Waals surface area (Å²) in [7, 11) is 1.57. The number of carbonyl (C=O) groups is 1. The van der Waals surface area contributed by atoms with E-state index in [2.05, 4.69) is 6.92 Å². The Labute approximate surface area is 120 Å². The lowest BCUT2D eigenvalue weighted by atomic mass is 9.91. The van der Waals surface area contributed by atoms with E-state index in [4.69, 9.17) is 10.5 Å². The minimum Gasteiger partial charge on any atom is -0.497 e. The number of hydrogen-bond donors (Lipinski definition) is 2. The molecule has 1 unspecified atom stereocenters. The molecule has 0 radical (unpaired) electrons. The number of carboxylic acid groups (broad SMARTS) is 1. The van der Waals surface area contributed by atoms with E-state index < -0.39 is 11.9 Å².